The Morgan fingerprint density at radius 2 is 2.16 bits per heavy atom. The van der Waals surface area contributed by atoms with Gasteiger partial charge in [-0.25, -0.2) is 4.39 Å². The molecule has 1 aromatic heterocycles. The molecule has 19 heavy (non-hydrogen) atoms. The lowest BCUT2D eigenvalue weighted by molar-refractivity contribution is 0.134. The Morgan fingerprint density at radius 3 is 2.79 bits per heavy atom. The second-order valence-corrected chi connectivity index (χ2v) is 4.54. The molecule has 0 saturated carbocycles. The van der Waals surface area contributed by atoms with Crippen LogP contribution in [-0.4, -0.2) is 30.3 Å². The van der Waals surface area contributed by atoms with Crippen LogP contribution in [0.4, 0.5) is 4.39 Å². The number of aromatic nitrogens is 2. The smallest absolute Gasteiger partial charge is 0.266 e. The number of benzene rings is 1. The third-order valence-corrected chi connectivity index (χ3v) is 3.26. The molecule has 1 aliphatic heterocycles. The monoisotopic (exact) mass is 263 g/mol. The van der Waals surface area contributed by atoms with Gasteiger partial charge in [0, 0.05) is 18.5 Å². The van der Waals surface area contributed by atoms with Gasteiger partial charge in [0.05, 0.1) is 7.11 Å². The highest BCUT2D eigenvalue weighted by molar-refractivity contribution is 5.55. The highest BCUT2D eigenvalue weighted by atomic mass is 19.1. The molecule has 0 radical (unpaired) electrons. The molecule has 1 N–H and O–H groups in total. The average Bonchev–Trinajstić information content (AvgIpc) is 3.08. The fourth-order valence-corrected chi connectivity index (χ4v) is 2.11. The van der Waals surface area contributed by atoms with E-state index in [0.29, 0.717) is 18.8 Å². The third kappa shape index (κ3) is 2.19. The molecular formula is C13H14FN3O2. The Bertz CT molecular complexity index is 562. The van der Waals surface area contributed by atoms with Crippen molar-refractivity contribution >= 4 is 0 Å². The molecule has 0 spiro atoms. The van der Waals surface area contributed by atoms with Gasteiger partial charge in [0.2, 0.25) is 11.5 Å². The summed E-state index contributed by atoms with van der Waals surface area (Å²) in [5.74, 6) is 1.18. The number of halogens is 1. The van der Waals surface area contributed by atoms with Crippen molar-refractivity contribution < 1.29 is 13.7 Å². The van der Waals surface area contributed by atoms with Gasteiger partial charge < -0.3 is 14.6 Å². The molecule has 0 aliphatic carbocycles. The van der Waals surface area contributed by atoms with Crippen LogP contribution in [0.1, 0.15) is 12.3 Å². The van der Waals surface area contributed by atoms with Crippen LogP contribution in [0.25, 0.3) is 11.4 Å². The van der Waals surface area contributed by atoms with Crippen LogP contribution in [-0.2, 0) is 5.67 Å². The summed E-state index contributed by atoms with van der Waals surface area (Å²) in [4.78, 5) is 4.16. The molecule has 1 saturated heterocycles. The van der Waals surface area contributed by atoms with Gasteiger partial charge in [0.15, 0.2) is 0 Å². The number of rotatable bonds is 3. The van der Waals surface area contributed by atoms with Crippen molar-refractivity contribution in [3.05, 3.63) is 30.2 Å². The Balaban J connectivity index is 1.87. The predicted molar refractivity (Wildman–Crippen MR) is 66.6 cm³/mol. The van der Waals surface area contributed by atoms with Crippen LogP contribution >= 0.6 is 0 Å². The maximum absolute atomic E-state index is 14.4. The maximum atomic E-state index is 14.4. The average molecular weight is 263 g/mol. The largest absolute Gasteiger partial charge is 0.497 e. The molecule has 2 aromatic rings. The van der Waals surface area contributed by atoms with E-state index in [9.17, 15) is 4.39 Å². The standard InChI is InChI=1S/C13H14FN3O2/c1-18-10-4-2-9(3-5-10)11-16-12(19-17-11)13(14)6-7-15-8-13/h2-5,15H,6-8H2,1H3. The van der Waals surface area contributed by atoms with Gasteiger partial charge in [-0.1, -0.05) is 5.16 Å². The van der Waals surface area contributed by atoms with E-state index in [4.69, 9.17) is 9.26 Å². The van der Waals surface area contributed by atoms with Crippen LogP contribution < -0.4 is 10.1 Å². The zero-order chi connectivity index (χ0) is 13.3. The lowest BCUT2D eigenvalue weighted by atomic mass is 10.1. The lowest BCUT2D eigenvalue weighted by Gasteiger charge is -2.11. The van der Waals surface area contributed by atoms with E-state index in [1.54, 1.807) is 19.2 Å². The zero-order valence-corrected chi connectivity index (χ0v) is 10.5. The van der Waals surface area contributed by atoms with Crippen molar-refractivity contribution in [3.63, 3.8) is 0 Å². The molecule has 0 amide bonds. The van der Waals surface area contributed by atoms with Gasteiger partial charge in [-0.3, -0.25) is 0 Å². The maximum Gasteiger partial charge on any atom is 0.266 e. The molecule has 3 rings (SSSR count). The Labute approximate surface area is 109 Å². The van der Waals surface area contributed by atoms with Gasteiger partial charge in [0.25, 0.3) is 5.89 Å². The van der Waals surface area contributed by atoms with Crippen molar-refractivity contribution in [1.29, 1.82) is 0 Å². The van der Waals surface area contributed by atoms with Crippen LogP contribution in [0.2, 0.25) is 0 Å². The first-order chi connectivity index (χ1) is 9.21. The first kappa shape index (κ1) is 12.1. The number of hydrogen-bond donors (Lipinski definition) is 1. The van der Waals surface area contributed by atoms with E-state index < -0.39 is 5.67 Å². The second-order valence-electron chi connectivity index (χ2n) is 4.54. The summed E-state index contributed by atoms with van der Waals surface area (Å²) in [5.41, 5.74) is -0.775. The molecule has 1 aliphatic rings. The van der Waals surface area contributed by atoms with E-state index in [1.807, 2.05) is 12.1 Å². The first-order valence-electron chi connectivity index (χ1n) is 6.09. The van der Waals surface area contributed by atoms with Crippen LogP contribution in [0.15, 0.2) is 28.8 Å². The van der Waals surface area contributed by atoms with E-state index in [1.165, 1.54) is 0 Å². The number of hydrogen-bond acceptors (Lipinski definition) is 5. The van der Waals surface area contributed by atoms with E-state index >= 15 is 0 Å². The third-order valence-electron chi connectivity index (χ3n) is 3.26. The minimum atomic E-state index is -1.54. The van der Waals surface area contributed by atoms with Crippen LogP contribution in [0.3, 0.4) is 0 Å². The molecule has 0 bridgehead atoms. The summed E-state index contributed by atoms with van der Waals surface area (Å²) in [6, 6.07) is 7.22. The van der Waals surface area contributed by atoms with E-state index in [-0.39, 0.29) is 12.4 Å². The Morgan fingerprint density at radius 1 is 1.37 bits per heavy atom. The summed E-state index contributed by atoms with van der Waals surface area (Å²) in [6.07, 6.45) is 0.358. The van der Waals surface area contributed by atoms with Gasteiger partial charge in [0.1, 0.15) is 5.75 Å². The van der Waals surface area contributed by atoms with Crippen molar-refractivity contribution in [1.82, 2.24) is 15.5 Å². The van der Waals surface area contributed by atoms with Gasteiger partial charge >= 0.3 is 0 Å². The predicted octanol–water partition coefficient (Wildman–Crippen LogP) is 1.90. The topological polar surface area (TPSA) is 60.2 Å². The SMILES string of the molecule is COc1ccc(-c2noc(C3(F)CCNC3)n2)cc1. The quantitative estimate of drug-likeness (QED) is 0.916. The van der Waals surface area contributed by atoms with Crippen molar-refractivity contribution in [2.45, 2.75) is 12.1 Å². The van der Waals surface area contributed by atoms with Gasteiger partial charge in [-0.2, -0.15) is 4.98 Å². The van der Waals surface area contributed by atoms with Crippen LogP contribution in [0, 0.1) is 0 Å². The fraction of sp³-hybridized carbons (Fsp3) is 0.385. The lowest BCUT2D eigenvalue weighted by Crippen LogP contribution is -2.23. The molecular weight excluding hydrogens is 249 g/mol. The highest BCUT2D eigenvalue weighted by Crippen LogP contribution is 2.32. The number of ether oxygens (including phenoxy) is 1. The molecule has 1 unspecified atom stereocenters. The normalized spacial score (nSPS) is 22.6. The first-order valence-corrected chi connectivity index (χ1v) is 6.09. The van der Waals surface area contributed by atoms with Crippen LogP contribution in [0.5, 0.6) is 5.75 Å². The molecule has 5 nitrogen and oxygen atoms in total. The molecule has 1 atom stereocenters. The number of nitrogens with zero attached hydrogens (tertiary/aromatic N) is 2. The summed E-state index contributed by atoms with van der Waals surface area (Å²) < 4.78 is 24.5. The minimum absolute atomic E-state index is 0.0447. The molecule has 1 fully saturated rings. The summed E-state index contributed by atoms with van der Waals surface area (Å²) in [6.45, 7) is 0.841. The fourth-order valence-electron chi connectivity index (χ4n) is 2.11. The second kappa shape index (κ2) is 4.62. The number of methoxy groups -OCH3 is 1. The Kier molecular flexibility index (Phi) is 2.94. The minimum Gasteiger partial charge on any atom is -0.497 e. The van der Waals surface area contributed by atoms with Gasteiger partial charge in [-0.05, 0) is 30.8 Å². The summed E-state index contributed by atoms with van der Waals surface area (Å²) in [7, 11) is 1.60. The van der Waals surface area contributed by atoms with Crippen molar-refractivity contribution in [2.75, 3.05) is 20.2 Å². The van der Waals surface area contributed by atoms with Gasteiger partial charge in [-0.15, -0.1) is 0 Å². The zero-order valence-electron chi connectivity index (χ0n) is 10.5. The molecule has 1 aromatic carbocycles. The van der Waals surface area contributed by atoms with Crippen molar-refractivity contribution in [3.8, 4) is 17.1 Å². The van der Waals surface area contributed by atoms with Crippen molar-refractivity contribution in [2.24, 2.45) is 0 Å². The molecule has 6 heteroatoms. The molecule has 100 valence electrons. The molecule has 2 heterocycles. The summed E-state index contributed by atoms with van der Waals surface area (Å²) >= 11 is 0. The van der Waals surface area contributed by atoms with E-state index in [2.05, 4.69) is 15.5 Å². The Hall–Kier alpha value is -1.95. The number of nitrogens with one attached hydrogen (secondary N) is 1. The highest BCUT2D eigenvalue weighted by Gasteiger charge is 2.41. The van der Waals surface area contributed by atoms with E-state index in [0.717, 1.165) is 11.3 Å². The number of alkyl halides is 1. The summed E-state index contributed by atoms with van der Waals surface area (Å²) in [5, 5.41) is 6.79.